The Kier molecular flexibility index (Phi) is 2.61. The van der Waals surface area contributed by atoms with Crippen LogP contribution in [0.15, 0.2) is 10.7 Å². The largest absolute Gasteiger partial charge is 0.271 e. The molecule has 0 spiro atoms. The van der Waals surface area contributed by atoms with E-state index < -0.39 is 0 Å². The van der Waals surface area contributed by atoms with Crippen molar-refractivity contribution >= 4 is 15.9 Å². The Labute approximate surface area is 82.1 Å². The lowest BCUT2D eigenvalue weighted by atomic mass is 9.86. The highest BCUT2D eigenvalue weighted by Crippen LogP contribution is 2.27. The maximum atomic E-state index is 4.26. The van der Waals surface area contributed by atoms with Gasteiger partial charge in [0.25, 0.3) is 0 Å². The third kappa shape index (κ3) is 1.71. The Morgan fingerprint density at radius 2 is 2.17 bits per heavy atom. The van der Waals surface area contributed by atoms with Gasteiger partial charge in [-0.1, -0.05) is 20.8 Å². The molecule has 0 aliphatic rings. The Morgan fingerprint density at radius 1 is 1.58 bits per heavy atom. The van der Waals surface area contributed by atoms with E-state index >= 15 is 0 Å². The molecule has 3 heteroatoms. The van der Waals surface area contributed by atoms with E-state index in [0.717, 1.165) is 11.0 Å². The van der Waals surface area contributed by atoms with Crippen molar-refractivity contribution < 1.29 is 0 Å². The minimum Gasteiger partial charge on any atom is -0.271 e. The highest BCUT2D eigenvalue weighted by Gasteiger charge is 2.22. The van der Waals surface area contributed by atoms with Crippen LogP contribution in [0.2, 0.25) is 0 Å². The first kappa shape index (κ1) is 9.78. The minimum absolute atomic E-state index is 0.216. The van der Waals surface area contributed by atoms with Crippen LogP contribution in [-0.4, -0.2) is 9.78 Å². The molecule has 1 rings (SSSR count). The van der Waals surface area contributed by atoms with E-state index in [1.165, 1.54) is 5.69 Å². The molecule has 0 saturated carbocycles. The molecule has 1 aromatic rings. The summed E-state index contributed by atoms with van der Waals surface area (Å²) in [4.78, 5) is 0. The van der Waals surface area contributed by atoms with Gasteiger partial charge in [0.05, 0.1) is 0 Å². The van der Waals surface area contributed by atoms with Crippen molar-refractivity contribution in [2.45, 2.75) is 32.6 Å². The Morgan fingerprint density at radius 3 is 2.50 bits per heavy atom. The maximum Gasteiger partial charge on any atom is 0.128 e. The van der Waals surface area contributed by atoms with Crippen LogP contribution in [-0.2, 0) is 12.5 Å². The van der Waals surface area contributed by atoms with Crippen LogP contribution < -0.4 is 0 Å². The van der Waals surface area contributed by atoms with Gasteiger partial charge in [0.1, 0.15) is 4.60 Å². The molecule has 0 aliphatic carbocycles. The van der Waals surface area contributed by atoms with Gasteiger partial charge < -0.3 is 0 Å². The summed E-state index contributed by atoms with van der Waals surface area (Å²) in [6.45, 7) is 6.66. The van der Waals surface area contributed by atoms with Crippen LogP contribution in [0.25, 0.3) is 0 Å². The molecule has 12 heavy (non-hydrogen) atoms. The molecule has 0 atom stereocenters. The molecule has 0 fully saturated rings. The van der Waals surface area contributed by atoms with Crippen LogP contribution in [0.5, 0.6) is 0 Å². The summed E-state index contributed by atoms with van der Waals surface area (Å²) >= 11 is 3.37. The highest BCUT2D eigenvalue weighted by atomic mass is 79.9. The van der Waals surface area contributed by atoms with Crippen LogP contribution >= 0.6 is 15.9 Å². The van der Waals surface area contributed by atoms with Gasteiger partial charge in [0.2, 0.25) is 0 Å². The predicted octanol–water partition coefficient (Wildman–Crippen LogP) is 2.87. The molecule has 0 aromatic carbocycles. The zero-order valence-electron chi connectivity index (χ0n) is 8.06. The summed E-state index contributed by atoms with van der Waals surface area (Å²) in [6, 6.07) is 2.09. The molecule has 0 bridgehead atoms. The molecule has 0 unspecified atom stereocenters. The Bertz CT molecular complexity index is 276. The fourth-order valence-corrected chi connectivity index (χ4v) is 1.70. The predicted molar refractivity (Wildman–Crippen MR) is 54.2 cm³/mol. The Hall–Kier alpha value is -0.310. The van der Waals surface area contributed by atoms with Gasteiger partial charge in [-0.2, -0.15) is 5.10 Å². The molecule has 68 valence electrons. The normalized spacial score (nSPS) is 12.1. The highest BCUT2D eigenvalue weighted by molar-refractivity contribution is 9.10. The van der Waals surface area contributed by atoms with Crippen molar-refractivity contribution in [3.8, 4) is 0 Å². The van der Waals surface area contributed by atoms with E-state index in [1.807, 2.05) is 11.7 Å². The number of nitrogens with zero attached hydrogens (tertiary/aromatic N) is 2. The van der Waals surface area contributed by atoms with Crippen molar-refractivity contribution in [1.82, 2.24) is 9.78 Å². The summed E-state index contributed by atoms with van der Waals surface area (Å²) in [6.07, 6.45) is 1.12. The second kappa shape index (κ2) is 3.21. The fraction of sp³-hybridized carbons (Fsp3) is 0.667. The third-order valence-corrected chi connectivity index (χ3v) is 2.81. The van der Waals surface area contributed by atoms with Crippen molar-refractivity contribution in [1.29, 1.82) is 0 Å². The quantitative estimate of drug-likeness (QED) is 0.765. The molecule has 0 N–H and O–H groups in total. The average Bonchev–Trinajstić information content (AvgIpc) is 2.31. The third-order valence-electron chi connectivity index (χ3n) is 2.43. The lowest BCUT2D eigenvalue weighted by molar-refractivity contribution is 0.461. The van der Waals surface area contributed by atoms with Gasteiger partial charge in [-0.3, -0.25) is 4.68 Å². The standard InChI is InChI=1S/C9H15BrN2/c1-5-9(2,3)7-6-8(10)11-12(7)4/h6H,5H2,1-4H3. The molecular weight excluding hydrogens is 216 g/mol. The van der Waals surface area contributed by atoms with Gasteiger partial charge in [0, 0.05) is 18.2 Å². The summed E-state index contributed by atoms with van der Waals surface area (Å²) in [7, 11) is 1.98. The van der Waals surface area contributed by atoms with Crippen molar-refractivity contribution in [2.75, 3.05) is 0 Å². The summed E-state index contributed by atoms with van der Waals surface area (Å²) in [5.41, 5.74) is 1.49. The number of rotatable bonds is 2. The molecular formula is C9H15BrN2. The second-order valence-corrected chi connectivity index (χ2v) is 4.53. The number of halogens is 1. The number of hydrogen-bond acceptors (Lipinski definition) is 1. The van der Waals surface area contributed by atoms with Gasteiger partial charge >= 0.3 is 0 Å². The first-order valence-corrected chi connectivity index (χ1v) is 4.96. The van der Waals surface area contributed by atoms with Crippen molar-refractivity contribution in [3.05, 3.63) is 16.4 Å². The second-order valence-electron chi connectivity index (χ2n) is 3.71. The van der Waals surface area contributed by atoms with Crippen LogP contribution in [0.4, 0.5) is 0 Å². The summed E-state index contributed by atoms with van der Waals surface area (Å²) < 4.78 is 2.86. The SMILES string of the molecule is CCC(C)(C)c1cc(Br)nn1C. The topological polar surface area (TPSA) is 17.8 Å². The zero-order chi connectivity index (χ0) is 9.35. The summed E-state index contributed by atoms with van der Waals surface area (Å²) in [5.74, 6) is 0. The van der Waals surface area contributed by atoms with Crippen molar-refractivity contribution in [2.24, 2.45) is 7.05 Å². The van der Waals surface area contributed by atoms with Crippen molar-refractivity contribution in [3.63, 3.8) is 0 Å². The first-order chi connectivity index (χ1) is 5.47. The van der Waals surface area contributed by atoms with Gasteiger partial charge in [0.15, 0.2) is 0 Å². The maximum absolute atomic E-state index is 4.26. The molecule has 0 amide bonds. The molecule has 1 aromatic heterocycles. The van der Waals surface area contributed by atoms with E-state index in [1.54, 1.807) is 0 Å². The molecule has 0 radical (unpaired) electrons. The fourth-order valence-electron chi connectivity index (χ4n) is 1.25. The number of hydrogen-bond donors (Lipinski definition) is 0. The van der Waals surface area contributed by atoms with E-state index in [9.17, 15) is 0 Å². The summed E-state index contributed by atoms with van der Waals surface area (Å²) in [5, 5.41) is 4.26. The molecule has 1 heterocycles. The average molecular weight is 231 g/mol. The van der Waals surface area contributed by atoms with E-state index in [2.05, 4.69) is 47.9 Å². The lowest BCUT2D eigenvalue weighted by Gasteiger charge is -2.22. The lowest BCUT2D eigenvalue weighted by Crippen LogP contribution is -2.19. The van der Waals surface area contributed by atoms with E-state index in [0.29, 0.717) is 0 Å². The molecule has 0 aliphatic heterocycles. The zero-order valence-corrected chi connectivity index (χ0v) is 9.64. The van der Waals surface area contributed by atoms with Gasteiger partial charge in [-0.15, -0.1) is 0 Å². The molecule has 0 saturated heterocycles. The number of aryl methyl sites for hydroxylation is 1. The smallest absolute Gasteiger partial charge is 0.128 e. The monoisotopic (exact) mass is 230 g/mol. The van der Waals surface area contributed by atoms with Gasteiger partial charge in [-0.25, -0.2) is 0 Å². The van der Waals surface area contributed by atoms with E-state index in [-0.39, 0.29) is 5.41 Å². The Balaban J connectivity index is 3.09. The first-order valence-electron chi connectivity index (χ1n) is 4.17. The van der Waals surface area contributed by atoms with Crippen LogP contribution in [0, 0.1) is 0 Å². The van der Waals surface area contributed by atoms with Gasteiger partial charge in [-0.05, 0) is 28.4 Å². The van der Waals surface area contributed by atoms with Crippen LogP contribution in [0.1, 0.15) is 32.9 Å². The minimum atomic E-state index is 0.216. The van der Waals surface area contributed by atoms with E-state index in [4.69, 9.17) is 0 Å². The number of aromatic nitrogens is 2. The molecule has 2 nitrogen and oxygen atoms in total. The van der Waals surface area contributed by atoms with Crippen LogP contribution in [0.3, 0.4) is 0 Å².